The highest BCUT2D eigenvalue weighted by molar-refractivity contribution is 6.31. The Balaban J connectivity index is 2.67. The highest BCUT2D eigenvalue weighted by Crippen LogP contribution is 2.20. The molecule has 0 aromatic heterocycles. The average Bonchev–Trinajstić information content (AvgIpc) is 2.20. The smallest absolute Gasteiger partial charge is 0.296 e. The number of rotatable bonds is 2. The first kappa shape index (κ1) is 11.4. The Kier molecular flexibility index (Phi) is 4.02. The number of aromatic hydroxyl groups is 1. The van der Waals surface area contributed by atoms with Crippen molar-refractivity contribution in [2.75, 3.05) is 0 Å². The molecule has 0 radical (unpaired) electrons. The lowest BCUT2D eigenvalue weighted by atomic mass is 10.2. The molecule has 0 aliphatic rings. The zero-order valence-corrected chi connectivity index (χ0v) is 8.93. The Bertz CT molecular complexity index is 432. The first-order chi connectivity index (χ1) is 7.13. The number of halogens is 1. The largest absolute Gasteiger partial charge is 0.508 e. The van der Waals surface area contributed by atoms with Crippen LogP contribution in [0.4, 0.5) is 0 Å². The summed E-state index contributed by atoms with van der Waals surface area (Å²) in [5, 5.41) is 12.3. The van der Waals surface area contributed by atoms with Crippen molar-refractivity contribution in [2.45, 2.75) is 13.5 Å². The van der Waals surface area contributed by atoms with Gasteiger partial charge in [0.15, 0.2) is 0 Å². The van der Waals surface area contributed by atoms with Gasteiger partial charge in [-0.1, -0.05) is 17.5 Å². The Morgan fingerprint density at radius 2 is 2.33 bits per heavy atom. The van der Waals surface area contributed by atoms with E-state index < -0.39 is 0 Å². The van der Waals surface area contributed by atoms with Gasteiger partial charge in [-0.3, -0.25) is 4.79 Å². The molecule has 15 heavy (non-hydrogen) atoms. The van der Waals surface area contributed by atoms with E-state index in [9.17, 15) is 9.90 Å². The van der Waals surface area contributed by atoms with Crippen LogP contribution in [-0.2, 0) is 11.3 Å². The number of phenols is 1. The summed E-state index contributed by atoms with van der Waals surface area (Å²) in [6, 6.07) is 4.56. The minimum atomic E-state index is -0.364. The molecule has 0 heterocycles. The summed E-state index contributed by atoms with van der Waals surface area (Å²) in [6.07, 6.45) is 0. The molecule has 1 rings (SSSR count). The van der Waals surface area contributed by atoms with Crippen LogP contribution < -0.4 is 5.32 Å². The Hall–Kier alpha value is -1.66. The Morgan fingerprint density at radius 3 is 3.00 bits per heavy atom. The quantitative estimate of drug-likeness (QED) is 0.750. The fraction of sp³-hybridized carbons (Fsp3) is 0.182. The molecule has 0 atom stereocenters. The molecule has 1 aromatic carbocycles. The zero-order valence-electron chi connectivity index (χ0n) is 8.17. The highest BCUT2D eigenvalue weighted by atomic mass is 35.5. The van der Waals surface area contributed by atoms with Crippen LogP contribution in [0, 0.1) is 11.8 Å². The zero-order chi connectivity index (χ0) is 11.3. The molecule has 0 spiro atoms. The number of hydrogen-bond acceptors (Lipinski definition) is 2. The molecular formula is C11H10ClNO2. The van der Waals surface area contributed by atoms with Gasteiger partial charge in [0.2, 0.25) is 0 Å². The van der Waals surface area contributed by atoms with E-state index in [1.807, 2.05) is 0 Å². The van der Waals surface area contributed by atoms with Gasteiger partial charge in [-0.05, 0) is 36.6 Å². The van der Waals surface area contributed by atoms with E-state index >= 15 is 0 Å². The first-order valence-corrected chi connectivity index (χ1v) is 4.69. The first-order valence-electron chi connectivity index (χ1n) is 4.31. The van der Waals surface area contributed by atoms with E-state index in [2.05, 4.69) is 17.2 Å². The third-order valence-electron chi connectivity index (χ3n) is 1.71. The van der Waals surface area contributed by atoms with Gasteiger partial charge in [0.05, 0.1) is 0 Å². The van der Waals surface area contributed by atoms with Gasteiger partial charge in [0.25, 0.3) is 5.91 Å². The molecule has 0 bridgehead atoms. The van der Waals surface area contributed by atoms with Gasteiger partial charge in [-0.25, -0.2) is 0 Å². The number of amides is 1. The van der Waals surface area contributed by atoms with E-state index in [1.165, 1.54) is 12.1 Å². The lowest BCUT2D eigenvalue weighted by Crippen LogP contribution is -2.20. The molecule has 3 nitrogen and oxygen atoms in total. The topological polar surface area (TPSA) is 49.3 Å². The summed E-state index contributed by atoms with van der Waals surface area (Å²) < 4.78 is 0. The second-order valence-corrected chi connectivity index (χ2v) is 3.24. The lowest BCUT2D eigenvalue weighted by Gasteiger charge is -2.04. The van der Waals surface area contributed by atoms with Crippen LogP contribution in [0.3, 0.4) is 0 Å². The van der Waals surface area contributed by atoms with Crippen LogP contribution in [0.2, 0.25) is 5.02 Å². The highest BCUT2D eigenvalue weighted by Gasteiger charge is 2.02. The Morgan fingerprint density at radius 1 is 1.60 bits per heavy atom. The van der Waals surface area contributed by atoms with Crippen molar-refractivity contribution in [3.05, 3.63) is 28.8 Å². The second-order valence-electron chi connectivity index (χ2n) is 2.83. The van der Waals surface area contributed by atoms with Gasteiger partial charge in [0.1, 0.15) is 5.75 Å². The van der Waals surface area contributed by atoms with Crippen molar-refractivity contribution < 1.29 is 9.90 Å². The molecular weight excluding hydrogens is 214 g/mol. The average molecular weight is 224 g/mol. The van der Waals surface area contributed by atoms with Crippen molar-refractivity contribution in [1.82, 2.24) is 5.32 Å². The monoisotopic (exact) mass is 223 g/mol. The molecule has 0 saturated carbocycles. The molecule has 4 heteroatoms. The van der Waals surface area contributed by atoms with Crippen molar-refractivity contribution in [2.24, 2.45) is 0 Å². The van der Waals surface area contributed by atoms with Crippen LogP contribution in [0.15, 0.2) is 18.2 Å². The van der Waals surface area contributed by atoms with E-state index in [1.54, 1.807) is 13.0 Å². The minimum absolute atomic E-state index is 0.116. The summed E-state index contributed by atoms with van der Waals surface area (Å²) in [4.78, 5) is 11.0. The van der Waals surface area contributed by atoms with Gasteiger partial charge < -0.3 is 10.4 Å². The van der Waals surface area contributed by atoms with Crippen molar-refractivity contribution in [1.29, 1.82) is 0 Å². The van der Waals surface area contributed by atoms with E-state index in [0.717, 1.165) is 0 Å². The predicted octanol–water partition coefficient (Wildman–Crippen LogP) is 1.69. The molecule has 0 saturated heterocycles. The Labute approximate surface area is 93.1 Å². The fourth-order valence-electron chi connectivity index (χ4n) is 1.03. The summed E-state index contributed by atoms with van der Waals surface area (Å²) in [5.74, 6) is 4.58. The molecule has 78 valence electrons. The molecule has 1 aromatic rings. The predicted molar refractivity (Wildman–Crippen MR) is 58.4 cm³/mol. The lowest BCUT2D eigenvalue weighted by molar-refractivity contribution is -0.115. The third kappa shape index (κ3) is 3.53. The van der Waals surface area contributed by atoms with Crippen LogP contribution in [-0.4, -0.2) is 11.0 Å². The maximum Gasteiger partial charge on any atom is 0.296 e. The standard InChI is InChI=1S/C11H10ClNO2/c1-2-3-11(15)13-7-8-6-9(14)4-5-10(8)12/h4-6,14H,7H2,1H3,(H,13,15). The molecule has 0 unspecified atom stereocenters. The second kappa shape index (κ2) is 5.28. The molecule has 0 fully saturated rings. The van der Waals surface area contributed by atoms with E-state index in [4.69, 9.17) is 11.6 Å². The summed E-state index contributed by atoms with van der Waals surface area (Å²) in [7, 11) is 0. The van der Waals surface area contributed by atoms with Gasteiger partial charge in [-0.2, -0.15) is 0 Å². The van der Waals surface area contributed by atoms with Crippen LogP contribution in [0.1, 0.15) is 12.5 Å². The molecule has 0 aliphatic carbocycles. The number of carbonyl (C=O) groups is 1. The summed E-state index contributed by atoms with van der Waals surface area (Å²) >= 11 is 5.86. The number of hydrogen-bond donors (Lipinski definition) is 2. The van der Waals surface area contributed by atoms with Crippen LogP contribution in [0.25, 0.3) is 0 Å². The maximum atomic E-state index is 11.0. The fourth-order valence-corrected chi connectivity index (χ4v) is 1.21. The van der Waals surface area contributed by atoms with E-state index in [0.29, 0.717) is 10.6 Å². The third-order valence-corrected chi connectivity index (χ3v) is 2.08. The van der Waals surface area contributed by atoms with Crippen molar-refractivity contribution >= 4 is 17.5 Å². The molecule has 0 aliphatic heterocycles. The van der Waals surface area contributed by atoms with Crippen LogP contribution >= 0.6 is 11.6 Å². The van der Waals surface area contributed by atoms with Crippen molar-refractivity contribution in [3.8, 4) is 17.6 Å². The van der Waals surface area contributed by atoms with E-state index in [-0.39, 0.29) is 18.2 Å². The number of benzene rings is 1. The van der Waals surface area contributed by atoms with Gasteiger partial charge in [0, 0.05) is 11.6 Å². The number of carbonyl (C=O) groups excluding carboxylic acids is 1. The summed E-state index contributed by atoms with van der Waals surface area (Å²) in [6.45, 7) is 1.83. The number of nitrogens with one attached hydrogen (secondary N) is 1. The minimum Gasteiger partial charge on any atom is -0.508 e. The van der Waals surface area contributed by atoms with Gasteiger partial charge >= 0.3 is 0 Å². The SMILES string of the molecule is CC#CC(=O)NCc1cc(O)ccc1Cl. The number of phenolic OH excluding ortho intramolecular Hbond substituents is 1. The van der Waals surface area contributed by atoms with Crippen LogP contribution in [0.5, 0.6) is 5.75 Å². The maximum absolute atomic E-state index is 11.0. The molecule has 2 N–H and O–H groups in total. The van der Waals surface area contributed by atoms with Crippen molar-refractivity contribution in [3.63, 3.8) is 0 Å². The van der Waals surface area contributed by atoms with Gasteiger partial charge in [-0.15, -0.1) is 0 Å². The molecule has 1 amide bonds. The normalized spacial score (nSPS) is 8.93. The summed E-state index contributed by atoms with van der Waals surface area (Å²) in [5.41, 5.74) is 0.655.